The third-order valence-electron chi connectivity index (χ3n) is 3.37. The molecule has 0 radical (unpaired) electrons. The van der Waals surface area contributed by atoms with Gasteiger partial charge in [-0.05, 0) is 68.0 Å². The molecule has 0 fully saturated rings. The van der Waals surface area contributed by atoms with Crippen LogP contribution in [0.25, 0.3) is 0 Å². The number of halogens is 1. The predicted octanol–water partition coefficient (Wildman–Crippen LogP) is 4.20. The van der Waals surface area contributed by atoms with Crippen LogP contribution in [0.1, 0.15) is 18.9 Å². The Bertz CT molecular complexity index is 661. The fraction of sp³-hybridized carbons (Fsp3) is 0.316. The van der Waals surface area contributed by atoms with Crippen LogP contribution in [0.4, 0.5) is 4.39 Å². The fourth-order valence-electron chi connectivity index (χ4n) is 2.09. The molecule has 24 heavy (non-hydrogen) atoms. The lowest BCUT2D eigenvalue weighted by Gasteiger charge is -2.15. The number of aryl methyl sites for hydroxylation is 1. The van der Waals surface area contributed by atoms with Gasteiger partial charge in [-0.2, -0.15) is 0 Å². The van der Waals surface area contributed by atoms with Gasteiger partial charge in [0.15, 0.2) is 6.10 Å². The van der Waals surface area contributed by atoms with Crippen molar-refractivity contribution in [3.8, 4) is 5.75 Å². The first-order chi connectivity index (χ1) is 11.5. The van der Waals surface area contributed by atoms with Gasteiger partial charge in [0, 0.05) is 11.4 Å². The van der Waals surface area contributed by atoms with E-state index in [1.54, 1.807) is 30.8 Å². The molecule has 0 bridgehead atoms. The van der Waals surface area contributed by atoms with Crippen molar-refractivity contribution in [1.29, 1.82) is 0 Å². The van der Waals surface area contributed by atoms with Gasteiger partial charge in [-0.3, -0.25) is 4.79 Å². The van der Waals surface area contributed by atoms with Crippen LogP contribution in [0.3, 0.4) is 0 Å². The average Bonchev–Trinajstić information content (AvgIpc) is 2.56. The minimum Gasteiger partial charge on any atom is -0.481 e. The Hall–Kier alpha value is -2.01. The Morgan fingerprint density at radius 2 is 2.00 bits per heavy atom. The van der Waals surface area contributed by atoms with Crippen LogP contribution in [0.15, 0.2) is 53.4 Å². The van der Waals surface area contributed by atoms with Crippen LogP contribution in [0, 0.1) is 12.7 Å². The summed E-state index contributed by atoms with van der Waals surface area (Å²) in [6, 6.07) is 14.1. The number of hydrogen-bond donors (Lipinski definition) is 1. The lowest BCUT2D eigenvalue weighted by molar-refractivity contribution is -0.127. The second-order valence-corrected chi connectivity index (χ2v) is 6.69. The first-order valence-electron chi connectivity index (χ1n) is 7.94. The van der Waals surface area contributed by atoms with E-state index < -0.39 is 6.10 Å². The summed E-state index contributed by atoms with van der Waals surface area (Å²) in [5.41, 5.74) is 1.10. The van der Waals surface area contributed by atoms with Crippen molar-refractivity contribution in [2.24, 2.45) is 0 Å². The standard InChI is InChI=1S/C19H22FNO2S/c1-14-5-3-6-17(13-14)23-15(2)19(22)21-11-4-12-24-18-9-7-16(20)8-10-18/h3,5-10,13,15H,4,11-12H2,1-2H3,(H,21,22)/t15-/m0/s1. The molecular weight excluding hydrogens is 325 g/mol. The maximum atomic E-state index is 12.8. The molecule has 2 aromatic rings. The molecule has 0 saturated carbocycles. The van der Waals surface area contributed by atoms with Crippen molar-refractivity contribution in [3.05, 3.63) is 59.9 Å². The minimum atomic E-state index is -0.531. The van der Waals surface area contributed by atoms with Gasteiger partial charge < -0.3 is 10.1 Å². The van der Waals surface area contributed by atoms with Crippen LogP contribution in [0.5, 0.6) is 5.75 Å². The molecule has 2 aromatic carbocycles. The van der Waals surface area contributed by atoms with E-state index in [2.05, 4.69) is 5.32 Å². The number of nitrogens with one attached hydrogen (secondary N) is 1. The number of thioether (sulfide) groups is 1. The minimum absolute atomic E-state index is 0.122. The summed E-state index contributed by atoms with van der Waals surface area (Å²) in [6.45, 7) is 4.32. The molecule has 1 amide bonds. The Morgan fingerprint density at radius 1 is 1.25 bits per heavy atom. The predicted molar refractivity (Wildman–Crippen MR) is 96.0 cm³/mol. The largest absolute Gasteiger partial charge is 0.481 e. The van der Waals surface area contributed by atoms with Gasteiger partial charge in [0.1, 0.15) is 11.6 Å². The molecule has 5 heteroatoms. The molecule has 128 valence electrons. The number of amides is 1. The van der Waals surface area contributed by atoms with Crippen molar-refractivity contribution in [3.63, 3.8) is 0 Å². The zero-order valence-corrected chi connectivity index (χ0v) is 14.7. The van der Waals surface area contributed by atoms with Crippen molar-refractivity contribution < 1.29 is 13.9 Å². The summed E-state index contributed by atoms with van der Waals surface area (Å²) in [6.07, 6.45) is 0.307. The van der Waals surface area contributed by atoms with Gasteiger partial charge in [0.2, 0.25) is 0 Å². The maximum absolute atomic E-state index is 12.8. The molecule has 2 rings (SSSR count). The van der Waals surface area contributed by atoms with E-state index in [4.69, 9.17) is 4.74 Å². The summed E-state index contributed by atoms with van der Waals surface area (Å²) in [5.74, 6) is 1.21. The van der Waals surface area contributed by atoms with Crippen LogP contribution in [0.2, 0.25) is 0 Å². The molecule has 0 aliphatic carbocycles. The summed E-state index contributed by atoms with van der Waals surface area (Å²) in [7, 11) is 0. The molecule has 0 aliphatic heterocycles. The van der Waals surface area contributed by atoms with E-state index in [0.717, 1.165) is 22.6 Å². The van der Waals surface area contributed by atoms with E-state index in [1.807, 2.05) is 31.2 Å². The Morgan fingerprint density at radius 3 is 2.71 bits per heavy atom. The first-order valence-corrected chi connectivity index (χ1v) is 8.92. The second-order valence-electron chi connectivity index (χ2n) is 5.52. The molecule has 0 aromatic heterocycles. The van der Waals surface area contributed by atoms with Gasteiger partial charge in [-0.1, -0.05) is 12.1 Å². The second kappa shape index (κ2) is 9.33. The van der Waals surface area contributed by atoms with E-state index in [1.165, 1.54) is 12.1 Å². The molecule has 0 saturated heterocycles. The zero-order chi connectivity index (χ0) is 17.4. The molecule has 3 nitrogen and oxygen atoms in total. The quantitative estimate of drug-likeness (QED) is 0.574. The van der Waals surface area contributed by atoms with Gasteiger partial charge >= 0.3 is 0 Å². The first kappa shape index (κ1) is 18.3. The fourth-order valence-corrected chi connectivity index (χ4v) is 2.95. The van der Waals surface area contributed by atoms with Crippen LogP contribution >= 0.6 is 11.8 Å². The van der Waals surface area contributed by atoms with Gasteiger partial charge in [-0.15, -0.1) is 11.8 Å². The average molecular weight is 347 g/mol. The highest BCUT2D eigenvalue weighted by Crippen LogP contribution is 2.18. The van der Waals surface area contributed by atoms with Crippen molar-refractivity contribution in [2.45, 2.75) is 31.3 Å². The summed E-state index contributed by atoms with van der Waals surface area (Å²) in [5, 5.41) is 2.88. The van der Waals surface area contributed by atoms with Gasteiger partial charge in [0.25, 0.3) is 5.91 Å². The van der Waals surface area contributed by atoms with Crippen molar-refractivity contribution >= 4 is 17.7 Å². The third-order valence-corrected chi connectivity index (χ3v) is 4.47. The normalized spacial score (nSPS) is 11.8. The van der Waals surface area contributed by atoms with Gasteiger partial charge in [-0.25, -0.2) is 4.39 Å². The number of ether oxygens (including phenoxy) is 1. The highest BCUT2D eigenvalue weighted by Gasteiger charge is 2.13. The van der Waals surface area contributed by atoms with E-state index in [0.29, 0.717) is 12.3 Å². The lowest BCUT2D eigenvalue weighted by Crippen LogP contribution is -2.36. The van der Waals surface area contributed by atoms with Crippen molar-refractivity contribution in [1.82, 2.24) is 5.32 Å². The molecule has 1 atom stereocenters. The Balaban J connectivity index is 1.64. The van der Waals surface area contributed by atoms with Crippen LogP contribution in [-0.4, -0.2) is 24.3 Å². The highest BCUT2D eigenvalue weighted by molar-refractivity contribution is 7.99. The molecule has 0 aliphatic rings. The van der Waals surface area contributed by atoms with Crippen molar-refractivity contribution in [2.75, 3.05) is 12.3 Å². The Labute approximate surface area is 146 Å². The summed E-state index contributed by atoms with van der Waals surface area (Å²) >= 11 is 1.64. The smallest absolute Gasteiger partial charge is 0.260 e. The van der Waals surface area contributed by atoms with E-state index in [9.17, 15) is 9.18 Å². The molecule has 0 spiro atoms. The monoisotopic (exact) mass is 347 g/mol. The highest BCUT2D eigenvalue weighted by atomic mass is 32.2. The number of hydrogen-bond acceptors (Lipinski definition) is 3. The molecule has 0 unspecified atom stereocenters. The number of rotatable bonds is 8. The molecule has 1 N–H and O–H groups in total. The number of benzene rings is 2. The topological polar surface area (TPSA) is 38.3 Å². The van der Waals surface area contributed by atoms with Gasteiger partial charge in [0.05, 0.1) is 0 Å². The summed E-state index contributed by atoms with van der Waals surface area (Å²) < 4.78 is 18.4. The Kier molecular flexibility index (Phi) is 7.12. The van der Waals surface area contributed by atoms with E-state index >= 15 is 0 Å². The molecular formula is C19H22FNO2S. The number of carbonyl (C=O) groups excluding carboxylic acids is 1. The van der Waals surface area contributed by atoms with Crippen LogP contribution in [-0.2, 0) is 4.79 Å². The maximum Gasteiger partial charge on any atom is 0.260 e. The van der Waals surface area contributed by atoms with Crippen LogP contribution < -0.4 is 10.1 Å². The van der Waals surface area contributed by atoms with E-state index in [-0.39, 0.29) is 11.7 Å². The SMILES string of the molecule is Cc1cccc(O[C@@H](C)C(=O)NCCCSc2ccc(F)cc2)c1. The lowest BCUT2D eigenvalue weighted by atomic mass is 10.2. The molecule has 0 heterocycles. The third kappa shape index (κ3) is 6.24. The number of carbonyl (C=O) groups is 1. The zero-order valence-electron chi connectivity index (χ0n) is 13.9. The summed E-state index contributed by atoms with van der Waals surface area (Å²) in [4.78, 5) is 13.0.